The fraction of sp³-hybridized carbons (Fsp3) is 0.312. The number of ether oxygens (including phenoxy) is 1. The number of methoxy groups -OCH3 is 1. The predicted molar refractivity (Wildman–Crippen MR) is 79.1 cm³/mol. The second-order valence-electron chi connectivity index (χ2n) is 5.57. The summed E-state index contributed by atoms with van der Waals surface area (Å²) in [7, 11) is 1.15. The average Bonchev–Trinajstić information content (AvgIpc) is 2.66. The van der Waals surface area contributed by atoms with Gasteiger partial charge >= 0.3 is 11.9 Å². The number of rotatable bonds is 3. The molecule has 0 saturated carbocycles. The Balaban J connectivity index is 2.78. The summed E-state index contributed by atoms with van der Waals surface area (Å²) in [5, 5.41) is 9.47. The lowest BCUT2D eigenvalue weighted by Gasteiger charge is -2.23. The van der Waals surface area contributed by atoms with Gasteiger partial charge in [0.15, 0.2) is 0 Å². The van der Waals surface area contributed by atoms with Crippen LogP contribution in [0.4, 0.5) is 5.69 Å². The number of hydrogen-bond acceptors (Lipinski definition) is 4. The van der Waals surface area contributed by atoms with Crippen molar-refractivity contribution in [2.45, 2.75) is 20.8 Å². The van der Waals surface area contributed by atoms with Gasteiger partial charge in [-0.05, 0) is 32.4 Å². The Morgan fingerprint density at radius 3 is 2.32 bits per heavy atom. The maximum Gasteiger partial charge on any atom is 0.355 e. The Bertz CT molecular complexity index is 702. The first-order valence-electron chi connectivity index (χ1n) is 6.70. The first kappa shape index (κ1) is 15.8. The molecule has 22 heavy (non-hydrogen) atoms. The van der Waals surface area contributed by atoms with Crippen molar-refractivity contribution in [3.8, 4) is 0 Å². The molecule has 1 aromatic rings. The fourth-order valence-corrected chi connectivity index (χ4v) is 2.60. The molecule has 0 aromatic heterocycles. The lowest BCUT2D eigenvalue weighted by atomic mass is 9.85. The summed E-state index contributed by atoms with van der Waals surface area (Å²) in [4.78, 5) is 37.6. The molecule has 0 fully saturated rings. The number of aliphatic carboxylic acids is 1. The van der Waals surface area contributed by atoms with Gasteiger partial charge in [0, 0.05) is 0 Å². The average molecular weight is 303 g/mol. The quantitative estimate of drug-likeness (QED) is 0.862. The number of esters is 1. The highest BCUT2D eigenvalue weighted by Gasteiger charge is 2.52. The maximum absolute atomic E-state index is 12.7. The van der Waals surface area contributed by atoms with Gasteiger partial charge in [0.2, 0.25) is 5.91 Å². The maximum atomic E-state index is 12.7. The van der Waals surface area contributed by atoms with Crippen molar-refractivity contribution < 1.29 is 24.2 Å². The molecular formula is C16H17NO5. The SMILES string of the molecule is COC(=O)C1=C(C(=O)O)C(C)(C)C(=O)N1c1ccccc1C. The van der Waals surface area contributed by atoms with Crippen LogP contribution >= 0.6 is 0 Å². The van der Waals surface area contributed by atoms with E-state index < -0.39 is 23.3 Å². The molecule has 6 nitrogen and oxygen atoms in total. The van der Waals surface area contributed by atoms with Gasteiger partial charge in [-0.1, -0.05) is 18.2 Å². The van der Waals surface area contributed by atoms with Crippen LogP contribution in [0.3, 0.4) is 0 Å². The molecule has 6 heteroatoms. The summed E-state index contributed by atoms with van der Waals surface area (Å²) in [5.41, 5.74) is -0.596. The third-order valence-electron chi connectivity index (χ3n) is 3.77. The van der Waals surface area contributed by atoms with Gasteiger partial charge in [-0.15, -0.1) is 0 Å². The van der Waals surface area contributed by atoms with Crippen molar-refractivity contribution in [1.82, 2.24) is 0 Å². The number of hydrogen-bond donors (Lipinski definition) is 1. The molecule has 116 valence electrons. The third-order valence-corrected chi connectivity index (χ3v) is 3.77. The Labute approximate surface area is 128 Å². The van der Waals surface area contributed by atoms with Gasteiger partial charge in [0.25, 0.3) is 0 Å². The van der Waals surface area contributed by atoms with E-state index in [1.54, 1.807) is 31.2 Å². The van der Waals surface area contributed by atoms with E-state index >= 15 is 0 Å². The van der Waals surface area contributed by atoms with Crippen LogP contribution in [0.2, 0.25) is 0 Å². The van der Waals surface area contributed by atoms with Gasteiger partial charge in [0.05, 0.1) is 23.8 Å². The molecule has 0 saturated heterocycles. The van der Waals surface area contributed by atoms with Gasteiger partial charge in [-0.2, -0.15) is 0 Å². The summed E-state index contributed by atoms with van der Waals surface area (Å²) in [6.45, 7) is 4.75. The highest BCUT2D eigenvalue weighted by Crippen LogP contribution is 2.43. The van der Waals surface area contributed by atoms with Gasteiger partial charge in [0.1, 0.15) is 5.70 Å². The minimum absolute atomic E-state index is 0.237. The largest absolute Gasteiger partial charge is 0.478 e. The standard InChI is InChI=1S/C16H17NO5/c1-9-7-5-6-8-10(9)17-12(14(20)22-4)11(13(18)19)16(2,3)15(17)21/h5-8H,1-4H3,(H,18,19). The van der Waals surface area contributed by atoms with Gasteiger partial charge in [-0.25, -0.2) is 9.59 Å². The van der Waals surface area contributed by atoms with Crippen molar-refractivity contribution in [3.63, 3.8) is 0 Å². The van der Waals surface area contributed by atoms with Gasteiger partial charge < -0.3 is 9.84 Å². The van der Waals surface area contributed by atoms with Crippen molar-refractivity contribution in [1.29, 1.82) is 0 Å². The molecule has 0 unspecified atom stereocenters. The number of nitrogens with zero attached hydrogens (tertiary/aromatic N) is 1. The molecule has 1 aromatic carbocycles. The fourth-order valence-electron chi connectivity index (χ4n) is 2.60. The van der Waals surface area contributed by atoms with Crippen LogP contribution < -0.4 is 4.90 Å². The van der Waals surface area contributed by atoms with Crippen molar-refractivity contribution in [3.05, 3.63) is 41.1 Å². The number of carbonyl (C=O) groups excluding carboxylic acids is 2. The van der Waals surface area contributed by atoms with E-state index in [9.17, 15) is 19.5 Å². The number of para-hydroxylation sites is 1. The Hall–Kier alpha value is -2.63. The van der Waals surface area contributed by atoms with Crippen molar-refractivity contribution >= 4 is 23.5 Å². The summed E-state index contributed by atoms with van der Waals surface area (Å²) in [6.07, 6.45) is 0. The third kappa shape index (κ3) is 2.16. The molecule has 1 aliphatic heterocycles. The number of benzene rings is 1. The highest BCUT2D eigenvalue weighted by atomic mass is 16.5. The summed E-state index contributed by atoms with van der Waals surface area (Å²) in [5.74, 6) is -2.63. The molecule has 0 spiro atoms. The number of carboxylic acids is 1. The molecule has 0 radical (unpaired) electrons. The predicted octanol–water partition coefficient (Wildman–Crippen LogP) is 1.88. The number of anilines is 1. The second-order valence-corrected chi connectivity index (χ2v) is 5.57. The van der Waals surface area contributed by atoms with E-state index in [0.717, 1.165) is 17.6 Å². The molecular weight excluding hydrogens is 286 g/mol. The van der Waals surface area contributed by atoms with Crippen LogP contribution in [0.1, 0.15) is 19.4 Å². The van der Waals surface area contributed by atoms with E-state index in [-0.39, 0.29) is 11.3 Å². The zero-order chi connectivity index (χ0) is 16.7. The van der Waals surface area contributed by atoms with Gasteiger partial charge in [-0.3, -0.25) is 9.69 Å². The molecule has 2 rings (SSSR count). The van der Waals surface area contributed by atoms with E-state index in [1.165, 1.54) is 13.8 Å². The first-order chi connectivity index (χ1) is 10.2. The molecule has 0 aliphatic carbocycles. The zero-order valence-electron chi connectivity index (χ0n) is 12.8. The van der Waals surface area contributed by atoms with Crippen LogP contribution in [-0.2, 0) is 19.1 Å². The number of carboxylic acid groups (broad SMARTS) is 1. The minimum Gasteiger partial charge on any atom is -0.478 e. The van der Waals surface area contributed by atoms with E-state index in [4.69, 9.17) is 4.74 Å². The molecule has 1 N–H and O–H groups in total. The lowest BCUT2D eigenvalue weighted by molar-refractivity contribution is -0.138. The smallest absolute Gasteiger partial charge is 0.355 e. The van der Waals surface area contributed by atoms with E-state index in [1.807, 2.05) is 0 Å². The Kier molecular flexibility index (Phi) is 3.79. The van der Waals surface area contributed by atoms with Crippen LogP contribution in [-0.4, -0.2) is 30.1 Å². The molecule has 1 heterocycles. The molecule has 0 bridgehead atoms. The lowest BCUT2D eigenvalue weighted by Crippen LogP contribution is -2.35. The normalized spacial score (nSPS) is 16.9. The number of aryl methyl sites for hydroxylation is 1. The van der Waals surface area contributed by atoms with Crippen LogP contribution in [0, 0.1) is 12.3 Å². The Morgan fingerprint density at radius 1 is 1.23 bits per heavy atom. The highest BCUT2D eigenvalue weighted by molar-refractivity contribution is 6.20. The van der Waals surface area contributed by atoms with Crippen LogP contribution in [0.25, 0.3) is 0 Å². The molecule has 1 aliphatic rings. The Morgan fingerprint density at radius 2 is 1.82 bits per heavy atom. The topological polar surface area (TPSA) is 83.9 Å². The second kappa shape index (κ2) is 5.29. The first-order valence-corrected chi connectivity index (χ1v) is 6.70. The monoisotopic (exact) mass is 303 g/mol. The van der Waals surface area contributed by atoms with Crippen LogP contribution in [0.5, 0.6) is 0 Å². The summed E-state index contributed by atoms with van der Waals surface area (Å²) < 4.78 is 4.69. The minimum atomic E-state index is -1.32. The summed E-state index contributed by atoms with van der Waals surface area (Å²) in [6, 6.07) is 6.96. The van der Waals surface area contributed by atoms with E-state index in [2.05, 4.69) is 0 Å². The molecule has 0 atom stereocenters. The zero-order valence-corrected chi connectivity index (χ0v) is 12.8. The number of amides is 1. The van der Waals surface area contributed by atoms with E-state index in [0.29, 0.717) is 5.69 Å². The van der Waals surface area contributed by atoms with Crippen molar-refractivity contribution in [2.75, 3.05) is 12.0 Å². The van der Waals surface area contributed by atoms with Crippen LogP contribution in [0.15, 0.2) is 35.5 Å². The number of carbonyl (C=O) groups is 3. The summed E-state index contributed by atoms with van der Waals surface area (Å²) >= 11 is 0. The molecule has 1 amide bonds. The van der Waals surface area contributed by atoms with Crippen molar-refractivity contribution in [2.24, 2.45) is 5.41 Å².